The lowest BCUT2D eigenvalue weighted by Crippen LogP contribution is -2.25. The lowest BCUT2D eigenvalue weighted by atomic mass is 10.00. The SMILES string of the molecule is COc1ccc(Cl)cc1-c1cc2c(c(OC)c1)OCCN(Cc1ccoc1)C2. The molecule has 1 aliphatic heterocycles. The first-order chi connectivity index (χ1) is 13.7. The summed E-state index contributed by atoms with van der Waals surface area (Å²) < 4.78 is 22.4. The van der Waals surface area contributed by atoms with Crippen LogP contribution in [0.5, 0.6) is 17.2 Å². The number of hydrogen-bond acceptors (Lipinski definition) is 5. The van der Waals surface area contributed by atoms with Crippen molar-refractivity contribution in [2.24, 2.45) is 0 Å². The van der Waals surface area contributed by atoms with Gasteiger partial charge in [-0.1, -0.05) is 11.6 Å². The van der Waals surface area contributed by atoms with E-state index in [-0.39, 0.29) is 0 Å². The molecule has 2 heterocycles. The average Bonchev–Trinajstić information content (AvgIpc) is 3.12. The van der Waals surface area contributed by atoms with Crippen LogP contribution in [0.4, 0.5) is 0 Å². The van der Waals surface area contributed by atoms with E-state index in [1.807, 2.05) is 30.3 Å². The summed E-state index contributed by atoms with van der Waals surface area (Å²) in [6, 6.07) is 11.7. The van der Waals surface area contributed by atoms with E-state index in [2.05, 4.69) is 11.0 Å². The molecule has 0 spiro atoms. The van der Waals surface area contributed by atoms with Crippen LogP contribution < -0.4 is 14.2 Å². The van der Waals surface area contributed by atoms with E-state index in [1.54, 1.807) is 26.7 Å². The van der Waals surface area contributed by atoms with E-state index < -0.39 is 0 Å². The van der Waals surface area contributed by atoms with E-state index in [0.29, 0.717) is 17.4 Å². The van der Waals surface area contributed by atoms with Gasteiger partial charge in [-0.3, -0.25) is 4.90 Å². The summed E-state index contributed by atoms with van der Waals surface area (Å²) in [5.41, 5.74) is 4.10. The molecule has 4 rings (SSSR count). The van der Waals surface area contributed by atoms with Crippen molar-refractivity contribution in [2.75, 3.05) is 27.4 Å². The van der Waals surface area contributed by atoms with Gasteiger partial charge in [0.25, 0.3) is 0 Å². The second-order valence-corrected chi connectivity index (χ2v) is 7.14. The Kier molecular flexibility index (Phi) is 5.46. The minimum Gasteiger partial charge on any atom is -0.496 e. The molecule has 0 radical (unpaired) electrons. The number of benzene rings is 2. The first kappa shape index (κ1) is 18.7. The van der Waals surface area contributed by atoms with E-state index in [4.69, 9.17) is 30.2 Å². The van der Waals surface area contributed by atoms with Crippen LogP contribution in [0.25, 0.3) is 11.1 Å². The van der Waals surface area contributed by atoms with Crippen LogP contribution in [0.15, 0.2) is 53.3 Å². The molecule has 0 fully saturated rings. The molecule has 2 aromatic carbocycles. The zero-order valence-corrected chi connectivity index (χ0v) is 16.7. The fourth-order valence-corrected chi connectivity index (χ4v) is 3.70. The molecule has 1 aliphatic rings. The van der Waals surface area contributed by atoms with Crippen molar-refractivity contribution in [3.05, 3.63) is 65.1 Å². The topological polar surface area (TPSA) is 44.1 Å². The predicted octanol–water partition coefficient (Wildman–Crippen LogP) is 5.01. The summed E-state index contributed by atoms with van der Waals surface area (Å²) in [5, 5.41) is 0.655. The fraction of sp³-hybridized carbons (Fsp3) is 0.273. The Morgan fingerprint density at radius 1 is 1.07 bits per heavy atom. The number of nitrogens with zero attached hydrogens (tertiary/aromatic N) is 1. The smallest absolute Gasteiger partial charge is 0.165 e. The maximum absolute atomic E-state index is 6.24. The van der Waals surface area contributed by atoms with Crippen molar-refractivity contribution in [3.63, 3.8) is 0 Å². The molecule has 0 unspecified atom stereocenters. The van der Waals surface area contributed by atoms with Crippen LogP contribution in [0.3, 0.4) is 0 Å². The third-order valence-corrected chi connectivity index (χ3v) is 5.09. The van der Waals surface area contributed by atoms with Crippen molar-refractivity contribution in [1.29, 1.82) is 0 Å². The fourth-order valence-electron chi connectivity index (χ4n) is 3.53. The lowest BCUT2D eigenvalue weighted by Gasteiger charge is -2.19. The molecule has 0 saturated carbocycles. The molecule has 146 valence electrons. The van der Waals surface area contributed by atoms with Crippen molar-refractivity contribution < 1.29 is 18.6 Å². The second kappa shape index (κ2) is 8.17. The molecular weight excluding hydrogens is 378 g/mol. The Hall–Kier alpha value is -2.63. The van der Waals surface area contributed by atoms with E-state index >= 15 is 0 Å². The number of rotatable bonds is 5. The van der Waals surface area contributed by atoms with E-state index in [1.165, 1.54) is 0 Å². The van der Waals surface area contributed by atoms with Crippen molar-refractivity contribution in [1.82, 2.24) is 4.90 Å². The predicted molar refractivity (Wildman–Crippen MR) is 108 cm³/mol. The minimum absolute atomic E-state index is 0.598. The van der Waals surface area contributed by atoms with Crippen LogP contribution in [0, 0.1) is 0 Å². The maximum atomic E-state index is 6.24. The standard InChI is InChI=1S/C22H22ClNO4/c1-25-20-4-3-18(23)11-19(20)16-9-17-13-24(12-15-5-7-27-14-15)6-8-28-22(17)21(10-16)26-2/h3-5,7,9-11,14H,6,8,12-13H2,1-2H3. The molecule has 28 heavy (non-hydrogen) atoms. The van der Waals surface area contributed by atoms with Crippen LogP contribution in [0.1, 0.15) is 11.1 Å². The van der Waals surface area contributed by atoms with Gasteiger partial charge in [0.1, 0.15) is 12.4 Å². The van der Waals surface area contributed by atoms with Gasteiger partial charge in [-0.25, -0.2) is 0 Å². The number of halogens is 1. The Morgan fingerprint density at radius 2 is 1.93 bits per heavy atom. The molecule has 5 nitrogen and oxygen atoms in total. The highest BCUT2D eigenvalue weighted by Crippen LogP contribution is 2.41. The van der Waals surface area contributed by atoms with Crippen molar-refractivity contribution >= 4 is 11.6 Å². The maximum Gasteiger partial charge on any atom is 0.165 e. The zero-order valence-electron chi connectivity index (χ0n) is 15.9. The molecule has 0 bridgehead atoms. The number of furan rings is 1. The third kappa shape index (κ3) is 3.81. The first-order valence-corrected chi connectivity index (χ1v) is 9.47. The Bertz CT molecular complexity index is 955. The van der Waals surface area contributed by atoms with Gasteiger partial charge in [0, 0.05) is 41.3 Å². The molecule has 1 aromatic heterocycles. The largest absolute Gasteiger partial charge is 0.496 e. The molecule has 3 aromatic rings. The zero-order chi connectivity index (χ0) is 19.5. The quantitative estimate of drug-likeness (QED) is 0.603. The highest BCUT2D eigenvalue weighted by Gasteiger charge is 2.22. The van der Waals surface area contributed by atoms with Crippen LogP contribution in [-0.4, -0.2) is 32.3 Å². The monoisotopic (exact) mass is 399 g/mol. The summed E-state index contributed by atoms with van der Waals surface area (Å²) in [5.74, 6) is 2.26. The number of fused-ring (bicyclic) bond motifs is 1. The van der Waals surface area contributed by atoms with Gasteiger partial charge in [-0.15, -0.1) is 0 Å². The first-order valence-electron chi connectivity index (χ1n) is 9.09. The van der Waals surface area contributed by atoms with Gasteiger partial charge in [0.2, 0.25) is 0 Å². The highest BCUT2D eigenvalue weighted by atomic mass is 35.5. The molecule has 6 heteroatoms. The molecule has 0 saturated heterocycles. The third-order valence-electron chi connectivity index (χ3n) is 4.86. The lowest BCUT2D eigenvalue weighted by molar-refractivity contribution is 0.216. The minimum atomic E-state index is 0.598. The Balaban J connectivity index is 1.74. The Morgan fingerprint density at radius 3 is 2.68 bits per heavy atom. The normalized spacial score (nSPS) is 14.1. The van der Waals surface area contributed by atoms with Crippen molar-refractivity contribution in [3.8, 4) is 28.4 Å². The van der Waals surface area contributed by atoms with Crippen LogP contribution in [-0.2, 0) is 13.1 Å². The summed E-state index contributed by atoms with van der Waals surface area (Å²) in [6.45, 7) is 2.96. The summed E-state index contributed by atoms with van der Waals surface area (Å²) in [7, 11) is 3.31. The number of methoxy groups -OCH3 is 2. The average molecular weight is 400 g/mol. The van der Waals surface area contributed by atoms with Gasteiger partial charge in [0.15, 0.2) is 11.5 Å². The van der Waals surface area contributed by atoms with Gasteiger partial charge in [-0.2, -0.15) is 0 Å². The molecule has 0 aliphatic carbocycles. The molecule has 0 atom stereocenters. The summed E-state index contributed by atoms with van der Waals surface area (Å²) in [4.78, 5) is 2.33. The summed E-state index contributed by atoms with van der Waals surface area (Å²) in [6.07, 6.45) is 3.48. The second-order valence-electron chi connectivity index (χ2n) is 6.70. The molecular formula is C22H22ClNO4. The van der Waals surface area contributed by atoms with Crippen LogP contribution >= 0.6 is 11.6 Å². The molecule has 0 N–H and O–H groups in total. The molecule has 0 amide bonds. The van der Waals surface area contributed by atoms with E-state index in [9.17, 15) is 0 Å². The van der Waals surface area contributed by atoms with Gasteiger partial charge < -0.3 is 18.6 Å². The van der Waals surface area contributed by atoms with Gasteiger partial charge in [-0.05, 0) is 42.0 Å². The number of hydrogen-bond donors (Lipinski definition) is 0. The van der Waals surface area contributed by atoms with Gasteiger partial charge in [0.05, 0.1) is 26.7 Å². The summed E-state index contributed by atoms with van der Waals surface area (Å²) >= 11 is 6.24. The van der Waals surface area contributed by atoms with Crippen LogP contribution in [0.2, 0.25) is 5.02 Å². The van der Waals surface area contributed by atoms with Gasteiger partial charge >= 0.3 is 0 Å². The number of ether oxygens (including phenoxy) is 3. The Labute approximate surface area is 169 Å². The highest BCUT2D eigenvalue weighted by molar-refractivity contribution is 6.31. The van der Waals surface area contributed by atoms with E-state index in [0.717, 1.165) is 53.4 Å². The van der Waals surface area contributed by atoms with Crippen molar-refractivity contribution in [2.45, 2.75) is 13.1 Å².